The van der Waals surface area contributed by atoms with Crippen LogP contribution in [0.15, 0.2) is 29.6 Å². The van der Waals surface area contributed by atoms with Gasteiger partial charge in [0.15, 0.2) is 0 Å². The third-order valence-corrected chi connectivity index (χ3v) is 4.37. The second-order valence-electron chi connectivity index (χ2n) is 5.02. The SMILES string of the molecule is CCCC(C)NC(=O)c1cccc(-c2nc(CCl)cs2)c1. The zero-order valence-electron chi connectivity index (χ0n) is 12.2. The summed E-state index contributed by atoms with van der Waals surface area (Å²) in [6, 6.07) is 7.74. The molecule has 1 aromatic heterocycles. The van der Waals surface area contributed by atoms with Crippen molar-refractivity contribution in [3.8, 4) is 10.6 Å². The molecule has 1 amide bonds. The average molecular weight is 323 g/mol. The van der Waals surface area contributed by atoms with E-state index in [1.165, 1.54) is 0 Å². The number of aromatic nitrogens is 1. The van der Waals surface area contributed by atoms with Crippen LogP contribution in [-0.2, 0) is 5.88 Å². The molecule has 0 aliphatic carbocycles. The van der Waals surface area contributed by atoms with Gasteiger partial charge in [-0.1, -0.05) is 25.5 Å². The maximum Gasteiger partial charge on any atom is 0.251 e. The Morgan fingerprint density at radius 1 is 1.48 bits per heavy atom. The molecule has 0 fully saturated rings. The summed E-state index contributed by atoms with van der Waals surface area (Å²) in [4.78, 5) is 16.7. The topological polar surface area (TPSA) is 42.0 Å². The van der Waals surface area contributed by atoms with Gasteiger partial charge in [0.2, 0.25) is 0 Å². The van der Waals surface area contributed by atoms with Crippen LogP contribution < -0.4 is 5.32 Å². The highest BCUT2D eigenvalue weighted by Gasteiger charge is 2.11. The summed E-state index contributed by atoms with van der Waals surface area (Å²) < 4.78 is 0. The van der Waals surface area contributed by atoms with Gasteiger partial charge in [0.25, 0.3) is 5.91 Å². The summed E-state index contributed by atoms with van der Waals surface area (Å²) in [7, 11) is 0. The largest absolute Gasteiger partial charge is 0.350 e. The third kappa shape index (κ3) is 4.29. The van der Waals surface area contributed by atoms with E-state index in [0.717, 1.165) is 29.1 Å². The highest BCUT2D eigenvalue weighted by atomic mass is 35.5. The molecular weight excluding hydrogens is 304 g/mol. The number of nitrogens with zero attached hydrogens (tertiary/aromatic N) is 1. The van der Waals surface area contributed by atoms with E-state index in [1.54, 1.807) is 11.3 Å². The number of rotatable bonds is 6. The minimum atomic E-state index is -0.0353. The fourth-order valence-corrected chi connectivity index (χ4v) is 3.15. The third-order valence-electron chi connectivity index (χ3n) is 3.16. The fourth-order valence-electron chi connectivity index (χ4n) is 2.11. The van der Waals surface area contributed by atoms with E-state index < -0.39 is 0 Å². The number of hydrogen-bond donors (Lipinski definition) is 1. The molecule has 1 atom stereocenters. The van der Waals surface area contributed by atoms with E-state index in [-0.39, 0.29) is 11.9 Å². The van der Waals surface area contributed by atoms with Gasteiger partial charge in [-0.2, -0.15) is 0 Å². The zero-order valence-corrected chi connectivity index (χ0v) is 13.8. The Balaban J connectivity index is 2.15. The van der Waals surface area contributed by atoms with Crippen molar-refractivity contribution >= 4 is 28.8 Å². The van der Waals surface area contributed by atoms with Crippen molar-refractivity contribution in [3.05, 3.63) is 40.9 Å². The second kappa shape index (κ2) is 7.57. The van der Waals surface area contributed by atoms with Gasteiger partial charge in [-0.05, 0) is 25.5 Å². The minimum Gasteiger partial charge on any atom is -0.350 e. The molecule has 21 heavy (non-hydrogen) atoms. The lowest BCUT2D eigenvalue weighted by molar-refractivity contribution is 0.0938. The van der Waals surface area contributed by atoms with Crippen molar-refractivity contribution in [2.75, 3.05) is 0 Å². The van der Waals surface area contributed by atoms with Crippen molar-refractivity contribution in [1.82, 2.24) is 10.3 Å². The molecule has 112 valence electrons. The summed E-state index contributed by atoms with van der Waals surface area (Å²) in [6.45, 7) is 4.14. The number of alkyl halides is 1. The monoisotopic (exact) mass is 322 g/mol. The zero-order chi connectivity index (χ0) is 15.2. The van der Waals surface area contributed by atoms with Gasteiger partial charge in [-0.3, -0.25) is 4.79 Å². The first kappa shape index (κ1) is 16.0. The van der Waals surface area contributed by atoms with Crippen LogP contribution in [0.25, 0.3) is 10.6 Å². The quantitative estimate of drug-likeness (QED) is 0.797. The van der Waals surface area contributed by atoms with Crippen molar-refractivity contribution in [1.29, 1.82) is 0 Å². The van der Waals surface area contributed by atoms with Crippen LogP contribution >= 0.6 is 22.9 Å². The van der Waals surface area contributed by atoms with Crippen molar-refractivity contribution in [2.24, 2.45) is 0 Å². The molecule has 0 saturated carbocycles. The minimum absolute atomic E-state index is 0.0353. The molecule has 1 heterocycles. The summed E-state index contributed by atoms with van der Waals surface area (Å²) >= 11 is 7.32. The van der Waals surface area contributed by atoms with E-state index in [0.29, 0.717) is 11.4 Å². The number of thiazole rings is 1. The number of halogens is 1. The van der Waals surface area contributed by atoms with Crippen LogP contribution in [0.4, 0.5) is 0 Å². The lowest BCUT2D eigenvalue weighted by Crippen LogP contribution is -2.32. The molecule has 3 nitrogen and oxygen atoms in total. The standard InChI is InChI=1S/C16H19ClN2OS/c1-3-5-11(2)18-15(20)12-6-4-7-13(8-12)16-19-14(9-17)10-21-16/h4,6-8,10-11H,3,5,9H2,1-2H3,(H,18,20). The highest BCUT2D eigenvalue weighted by Crippen LogP contribution is 2.25. The van der Waals surface area contributed by atoms with Crippen LogP contribution in [-0.4, -0.2) is 16.9 Å². The first-order chi connectivity index (χ1) is 10.1. The van der Waals surface area contributed by atoms with E-state index in [2.05, 4.69) is 17.2 Å². The molecule has 1 unspecified atom stereocenters. The summed E-state index contributed by atoms with van der Waals surface area (Å²) in [5.74, 6) is 0.373. The number of hydrogen-bond acceptors (Lipinski definition) is 3. The average Bonchev–Trinajstić information content (AvgIpc) is 2.96. The van der Waals surface area contributed by atoms with E-state index in [9.17, 15) is 4.79 Å². The predicted octanol–water partition coefficient (Wildman–Crippen LogP) is 4.47. The number of amides is 1. The summed E-state index contributed by atoms with van der Waals surface area (Å²) in [5.41, 5.74) is 2.48. The van der Waals surface area contributed by atoms with Crippen molar-refractivity contribution in [2.45, 2.75) is 38.6 Å². The number of benzene rings is 1. The fraction of sp³-hybridized carbons (Fsp3) is 0.375. The Labute approximate surface area is 134 Å². The Morgan fingerprint density at radius 3 is 2.95 bits per heavy atom. The van der Waals surface area contributed by atoms with Gasteiger partial charge in [-0.15, -0.1) is 22.9 Å². The number of nitrogens with one attached hydrogen (secondary N) is 1. The maximum atomic E-state index is 12.2. The molecule has 1 N–H and O–H groups in total. The lowest BCUT2D eigenvalue weighted by atomic mass is 10.1. The van der Waals surface area contributed by atoms with Gasteiger partial charge in [0.1, 0.15) is 5.01 Å². The first-order valence-electron chi connectivity index (χ1n) is 7.05. The molecular formula is C16H19ClN2OS. The van der Waals surface area contributed by atoms with Crippen LogP contribution in [0.2, 0.25) is 0 Å². The molecule has 2 aromatic rings. The molecule has 5 heteroatoms. The summed E-state index contributed by atoms with van der Waals surface area (Å²) in [5, 5.41) is 5.85. The Bertz CT molecular complexity index is 612. The van der Waals surface area contributed by atoms with Crippen LogP contribution in [0.5, 0.6) is 0 Å². The Kier molecular flexibility index (Phi) is 5.76. The van der Waals surface area contributed by atoms with Crippen LogP contribution in [0.1, 0.15) is 42.7 Å². The molecule has 0 aliphatic rings. The smallest absolute Gasteiger partial charge is 0.251 e. The molecule has 0 aliphatic heterocycles. The second-order valence-corrected chi connectivity index (χ2v) is 6.15. The summed E-state index contributed by atoms with van der Waals surface area (Å²) in [6.07, 6.45) is 2.04. The molecule has 0 radical (unpaired) electrons. The van der Waals surface area contributed by atoms with Crippen LogP contribution in [0, 0.1) is 0 Å². The van der Waals surface area contributed by atoms with Gasteiger partial charge in [-0.25, -0.2) is 4.98 Å². The Hall–Kier alpha value is -1.39. The molecule has 0 spiro atoms. The van der Waals surface area contributed by atoms with Gasteiger partial charge in [0.05, 0.1) is 11.6 Å². The number of carbonyl (C=O) groups is 1. The predicted molar refractivity (Wildman–Crippen MR) is 88.9 cm³/mol. The number of carbonyl (C=O) groups excluding carboxylic acids is 1. The maximum absolute atomic E-state index is 12.2. The van der Waals surface area contributed by atoms with Crippen LogP contribution in [0.3, 0.4) is 0 Å². The first-order valence-corrected chi connectivity index (χ1v) is 8.47. The molecule has 0 bridgehead atoms. The Morgan fingerprint density at radius 2 is 2.29 bits per heavy atom. The molecule has 1 aromatic carbocycles. The van der Waals surface area contributed by atoms with Crippen molar-refractivity contribution in [3.63, 3.8) is 0 Å². The van der Waals surface area contributed by atoms with Gasteiger partial charge in [0, 0.05) is 22.5 Å². The van der Waals surface area contributed by atoms with E-state index in [4.69, 9.17) is 11.6 Å². The molecule has 0 saturated heterocycles. The van der Waals surface area contributed by atoms with E-state index in [1.807, 2.05) is 36.6 Å². The van der Waals surface area contributed by atoms with Gasteiger partial charge < -0.3 is 5.32 Å². The lowest BCUT2D eigenvalue weighted by Gasteiger charge is -2.13. The highest BCUT2D eigenvalue weighted by molar-refractivity contribution is 7.13. The molecule has 2 rings (SSSR count). The van der Waals surface area contributed by atoms with Gasteiger partial charge >= 0.3 is 0 Å². The van der Waals surface area contributed by atoms with E-state index >= 15 is 0 Å². The van der Waals surface area contributed by atoms with Crippen molar-refractivity contribution < 1.29 is 4.79 Å². The normalized spacial score (nSPS) is 12.1.